The second kappa shape index (κ2) is 8.31. The van der Waals surface area contributed by atoms with Crippen molar-refractivity contribution < 1.29 is 4.79 Å². The standard InChI is InChI=1S/C21H29N3OS/c1-5-24(16(4)25)21-22-19(14-26-21)13-23(20-10-11-20)12-17-6-8-18(9-7-17)15(2)3/h6-9,14-15,20H,5,10-13H2,1-4H3. The van der Waals surface area contributed by atoms with Crippen molar-refractivity contribution in [2.45, 2.75) is 65.6 Å². The summed E-state index contributed by atoms with van der Waals surface area (Å²) in [5.74, 6) is 0.623. The Morgan fingerprint density at radius 2 is 1.92 bits per heavy atom. The van der Waals surface area contributed by atoms with E-state index in [1.807, 2.05) is 6.92 Å². The van der Waals surface area contributed by atoms with Crippen molar-refractivity contribution in [3.63, 3.8) is 0 Å². The number of amides is 1. The first-order chi connectivity index (χ1) is 12.5. The van der Waals surface area contributed by atoms with E-state index in [-0.39, 0.29) is 5.91 Å². The molecule has 1 aromatic carbocycles. The van der Waals surface area contributed by atoms with E-state index in [1.165, 1.54) is 24.0 Å². The minimum Gasteiger partial charge on any atom is -0.290 e. The first kappa shape index (κ1) is 19.1. The van der Waals surface area contributed by atoms with E-state index in [2.05, 4.69) is 48.4 Å². The Labute approximate surface area is 160 Å². The molecule has 0 radical (unpaired) electrons. The summed E-state index contributed by atoms with van der Waals surface area (Å²) in [5, 5.41) is 2.91. The highest BCUT2D eigenvalue weighted by Crippen LogP contribution is 2.31. The van der Waals surface area contributed by atoms with Crippen LogP contribution >= 0.6 is 11.3 Å². The van der Waals surface area contributed by atoms with Gasteiger partial charge in [0.25, 0.3) is 0 Å². The first-order valence-corrected chi connectivity index (χ1v) is 10.4. The Kier molecular flexibility index (Phi) is 6.09. The van der Waals surface area contributed by atoms with Gasteiger partial charge in [-0.2, -0.15) is 0 Å². The van der Waals surface area contributed by atoms with Gasteiger partial charge in [0.2, 0.25) is 5.91 Å². The SMILES string of the molecule is CCN(C(C)=O)c1nc(CN(Cc2ccc(C(C)C)cc2)C2CC2)cs1. The molecule has 0 aliphatic heterocycles. The Morgan fingerprint density at radius 1 is 1.23 bits per heavy atom. The number of thiazole rings is 1. The largest absolute Gasteiger partial charge is 0.290 e. The lowest BCUT2D eigenvalue weighted by Crippen LogP contribution is -2.28. The highest BCUT2D eigenvalue weighted by molar-refractivity contribution is 7.14. The summed E-state index contributed by atoms with van der Waals surface area (Å²) in [5.41, 5.74) is 3.81. The van der Waals surface area contributed by atoms with Crippen LogP contribution in [0.1, 0.15) is 63.3 Å². The average molecular weight is 372 g/mol. The maximum absolute atomic E-state index is 11.7. The Hall–Kier alpha value is -1.72. The monoisotopic (exact) mass is 371 g/mol. The van der Waals surface area contributed by atoms with Crippen LogP contribution in [0.4, 0.5) is 5.13 Å². The summed E-state index contributed by atoms with van der Waals surface area (Å²) < 4.78 is 0. The van der Waals surface area contributed by atoms with E-state index in [4.69, 9.17) is 4.98 Å². The predicted octanol–water partition coefficient (Wildman–Crippen LogP) is 4.80. The fourth-order valence-electron chi connectivity index (χ4n) is 3.19. The lowest BCUT2D eigenvalue weighted by atomic mass is 10.0. The molecular formula is C21H29N3OS. The van der Waals surface area contributed by atoms with E-state index >= 15 is 0 Å². The molecule has 0 bridgehead atoms. The molecule has 26 heavy (non-hydrogen) atoms. The second-order valence-corrected chi connectivity index (χ2v) is 8.25. The van der Waals surface area contributed by atoms with Crippen molar-refractivity contribution in [1.82, 2.24) is 9.88 Å². The molecule has 3 rings (SSSR count). The predicted molar refractivity (Wildman–Crippen MR) is 109 cm³/mol. The third-order valence-corrected chi connectivity index (χ3v) is 5.84. The van der Waals surface area contributed by atoms with Gasteiger partial charge < -0.3 is 0 Å². The highest BCUT2D eigenvalue weighted by atomic mass is 32.1. The summed E-state index contributed by atoms with van der Waals surface area (Å²) in [4.78, 5) is 20.7. The van der Waals surface area contributed by atoms with Gasteiger partial charge in [0.05, 0.1) is 5.69 Å². The molecule has 4 nitrogen and oxygen atoms in total. The normalized spacial score (nSPS) is 14.2. The Morgan fingerprint density at radius 3 is 2.46 bits per heavy atom. The Bertz CT molecular complexity index is 734. The van der Waals surface area contributed by atoms with Crippen molar-refractivity contribution in [2.24, 2.45) is 0 Å². The maximum Gasteiger partial charge on any atom is 0.225 e. The lowest BCUT2D eigenvalue weighted by molar-refractivity contribution is -0.116. The van der Waals surface area contributed by atoms with Gasteiger partial charge in [0.15, 0.2) is 5.13 Å². The van der Waals surface area contributed by atoms with Crippen LogP contribution in [-0.4, -0.2) is 28.4 Å². The minimum absolute atomic E-state index is 0.0534. The van der Waals surface area contributed by atoms with Crippen LogP contribution in [0.15, 0.2) is 29.6 Å². The van der Waals surface area contributed by atoms with Crippen LogP contribution < -0.4 is 4.90 Å². The number of carbonyl (C=O) groups is 1. The van der Waals surface area contributed by atoms with Crippen LogP contribution in [0.5, 0.6) is 0 Å². The van der Waals surface area contributed by atoms with Crippen molar-refractivity contribution in [3.05, 3.63) is 46.5 Å². The van der Waals surface area contributed by atoms with Crippen molar-refractivity contribution in [2.75, 3.05) is 11.4 Å². The van der Waals surface area contributed by atoms with Gasteiger partial charge >= 0.3 is 0 Å². The zero-order chi connectivity index (χ0) is 18.7. The van der Waals surface area contributed by atoms with E-state index < -0.39 is 0 Å². The zero-order valence-electron chi connectivity index (χ0n) is 16.2. The fourth-order valence-corrected chi connectivity index (χ4v) is 4.11. The van der Waals surface area contributed by atoms with Crippen LogP contribution in [0.3, 0.4) is 0 Å². The maximum atomic E-state index is 11.7. The van der Waals surface area contributed by atoms with Crippen molar-refractivity contribution >= 4 is 22.4 Å². The van der Waals surface area contributed by atoms with E-state index in [0.29, 0.717) is 18.5 Å². The van der Waals surface area contributed by atoms with Crippen LogP contribution in [0.2, 0.25) is 0 Å². The van der Waals surface area contributed by atoms with E-state index in [0.717, 1.165) is 23.9 Å². The smallest absolute Gasteiger partial charge is 0.225 e. The van der Waals surface area contributed by atoms with E-state index in [1.54, 1.807) is 23.2 Å². The number of rotatable bonds is 8. The molecule has 5 heteroatoms. The molecule has 1 aliphatic carbocycles. The van der Waals surface area contributed by atoms with Crippen molar-refractivity contribution in [3.8, 4) is 0 Å². The molecule has 1 heterocycles. The molecule has 140 valence electrons. The molecule has 0 spiro atoms. The summed E-state index contributed by atoms with van der Waals surface area (Å²) in [6, 6.07) is 9.67. The molecular weight excluding hydrogens is 342 g/mol. The molecule has 1 amide bonds. The Balaban J connectivity index is 1.68. The molecule has 1 fully saturated rings. The molecule has 0 saturated heterocycles. The zero-order valence-corrected chi connectivity index (χ0v) is 17.1. The van der Waals surface area contributed by atoms with Gasteiger partial charge in [-0.15, -0.1) is 11.3 Å². The number of hydrogen-bond donors (Lipinski definition) is 0. The topological polar surface area (TPSA) is 36.4 Å². The number of carbonyl (C=O) groups excluding carboxylic acids is 1. The van der Waals surface area contributed by atoms with E-state index in [9.17, 15) is 4.79 Å². The quantitative estimate of drug-likeness (QED) is 0.668. The van der Waals surface area contributed by atoms with Gasteiger partial charge in [-0.25, -0.2) is 4.98 Å². The van der Waals surface area contributed by atoms with Crippen LogP contribution in [0.25, 0.3) is 0 Å². The van der Waals surface area contributed by atoms with Gasteiger partial charge in [0, 0.05) is 38.0 Å². The summed E-state index contributed by atoms with van der Waals surface area (Å²) in [6.07, 6.45) is 2.55. The van der Waals surface area contributed by atoms with Gasteiger partial charge in [0.1, 0.15) is 0 Å². The summed E-state index contributed by atoms with van der Waals surface area (Å²) in [7, 11) is 0. The third kappa shape index (κ3) is 4.71. The number of hydrogen-bond acceptors (Lipinski definition) is 4. The van der Waals surface area contributed by atoms with Gasteiger partial charge in [-0.1, -0.05) is 38.1 Å². The molecule has 1 aliphatic rings. The number of benzene rings is 1. The fraction of sp³-hybridized carbons (Fsp3) is 0.524. The lowest BCUT2D eigenvalue weighted by Gasteiger charge is -2.21. The van der Waals surface area contributed by atoms with Gasteiger partial charge in [-0.05, 0) is 36.8 Å². The average Bonchev–Trinajstić information content (AvgIpc) is 3.36. The summed E-state index contributed by atoms with van der Waals surface area (Å²) in [6.45, 7) is 10.5. The first-order valence-electron chi connectivity index (χ1n) is 9.53. The highest BCUT2D eigenvalue weighted by Gasteiger charge is 2.29. The van der Waals surface area contributed by atoms with Crippen molar-refractivity contribution in [1.29, 1.82) is 0 Å². The minimum atomic E-state index is 0.0534. The third-order valence-electron chi connectivity index (χ3n) is 4.93. The molecule has 0 N–H and O–H groups in total. The molecule has 0 unspecified atom stereocenters. The summed E-state index contributed by atoms with van der Waals surface area (Å²) >= 11 is 1.56. The molecule has 0 atom stereocenters. The van der Waals surface area contributed by atoms with Crippen LogP contribution in [-0.2, 0) is 17.9 Å². The molecule has 2 aromatic rings. The van der Waals surface area contributed by atoms with Gasteiger partial charge in [-0.3, -0.25) is 14.6 Å². The van der Waals surface area contributed by atoms with Crippen LogP contribution in [0, 0.1) is 0 Å². The molecule has 1 aromatic heterocycles. The number of anilines is 1. The second-order valence-electron chi connectivity index (χ2n) is 7.42. The number of aromatic nitrogens is 1. The molecule has 1 saturated carbocycles. The number of nitrogens with zero attached hydrogens (tertiary/aromatic N) is 3.